The van der Waals surface area contributed by atoms with E-state index in [-0.39, 0.29) is 5.91 Å². The summed E-state index contributed by atoms with van der Waals surface area (Å²) < 4.78 is 5.23. The van der Waals surface area contributed by atoms with Crippen LogP contribution in [0.1, 0.15) is 31.2 Å². The van der Waals surface area contributed by atoms with Gasteiger partial charge in [-0.25, -0.2) is 0 Å². The number of benzene rings is 1. The van der Waals surface area contributed by atoms with Crippen molar-refractivity contribution in [3.8, 4) is 11.5 Å². The third-order valence-corrected chi connectivity index (χ3v) is 4.14. The fraction of sp³-hybridized carbons (Fsp3) is 0.500. The molecular weight excluding hydrogens is 304 g/mol. The molecule has 0 spiro atoms. The van der Waals surface area contributed by atoms with Crippen molar-refractivity contribution in [2.24, 2.45) is 5.92 Å². The number of hydrogen-bond donors (Lipinski definition) is 2. The molecule has 24 heavy (non-hydrogen) atoms. The number of aromatic nitrogens is 2. The molecule has 0 radical (unpaired) electrons. The molecule has 0 saturated heterocycles. The molecular formula is C18H24N4O2. The first-order valence-electron chi connectivity index (χ1n) is 8.64. The molecule has 2 N–H and O–H groups in total. The van der Waals surface area contributed by atoms with Crippen LogP contribution in [0.25, 0.3) is 11.5 Å². The highest BCUT2D eigenvalue weighted by Gasteiger charge is 2.20. The molecule has 128 valence electrons. The van der Waals surface area contributed by atoms with Gasteiger partial charge in [-0.1, -0.05) is 24.2 Å². The Morgan fingerprint density at radius 3 is 2.75 bits per heavy atom. The van der Waals surface area contributed by atoms with Crippen molar-refractivity contribution in [1.82, 2.24) is 20.8 Å². The Labute approximate surface area is 142 Å². The van der Waals surface area contributed by atoms with Crippen LogP contribution in [0.3, 0.4) is 0 Å². The van der Waals surface area contributed by atoms with Crippen molar-refractivity contribution in [2.45, 2.75) is 32.6 Å². The van der Waals surface area contributed by atoms with E-state index >= 15 is 0 Å². The van der Waals surface area contributed by atoms with E-state index in [4.69, 9.17) is 4.52 Å². The van der Waals surface area contributed by atoms with Crippen molar-refractivity contribution in [1.29, 1.82) is 0 Å². The fourth-order valence-corrected chi connectivity index (χ4v) is 2.45. The summed E-state index contributed by atoms with van der Waals surface area (Å²) in [5, 5.41) is 10.0. The van der Waals surface area contributed by atoms with Crippen LogP contribution >= 0.6 is 0 Å². The molecule has 1 aliphatic carbocycles. The van der Waals surface area contributed by atoms with Crippen LogP contribution < -0.4 is 10.6 Å². The summed E-state index contributed by atoms with van der Waals surface area (Å²) in [6.07, 6.45) is 4.16. The third kappa shape index (κ3) is 4.89. The zero-order valence-corrected chi connectivity index (χ0v) is 14.0. The number of rotatable bonds is 9. The number of aryl methyl sites for hydroxylation is 1. The van der Waals surface area contributed by atoms with Crippen molar-refractivity contribution in [3.05, 3.63) is 35.7 Å². The summed E-state index contributed by atoms with van der Waals surface area (Å²) in [6.45, 7) is 4.01. The van der Waals surface area contributed by atoms with Crippen LogP contribution in [0.4, 0.5) is 0 Å². The van der Waals surface area contributed by atoms with Gasteiger partial charge in [0.05, 0.1) is 6.54 Å². The maximum Gasteiger partial charge on any atom is 0.257 e. The van der Waals surface area contributed by atoms with E-state index in [0.29, 0.717) is 24.8 Å². The molecule has 0 aliphatic heterocycles. The van der Waals surface area contributed by atoms with Gasteiger partial charge in [0.1, 0.15) is 0 Å². The monoisotopic (exact) mass is 328 g/mol. The molecule has 3 rings (SSSR count). The van der Waals surface area contributed by atoms with Gasteiger partial charge in [-0.05, 0) is 49.4 Å². The molecule has 1 aliphatic rings. The SMILES string of the molecule is CCc1noc(-c2ccc(CCNC(=O)CNCC3CC3)cc2)n1. The van der Waals surface area contributed by atoms with Crippen molar-refractivity contribution in [3.63, 3.8) is 0 Å². The lowest BCUT2D eigenvalue weighted by Crippen LogP contribution is -2.35. The molecule has 1 fully saturated rings. The quantitative estimate of drug-likeness (QED) is 0.735. The minimum Gasteiger partial charge on any atom is -0.355 e. The van der Waals surface area contributed by atoms with Gasteiger partial charge in [-0.3, -0.25) is 4.79 Å². The molecule has 1 heterocycles. The number of nitrogens with zero attached hydrogens (tertiary/aromatic N) is 2. The van der Waals surface area contributed by atoms with Gasteiger partial charge < -0.3 is 15.2 Å². The smallest absolute Gasteiger partial charge is 0.257 e. The number of hydrogen-bond acceptors (Lipinski definition) is 5. The Hall–Kier alpha value is -2.21. The first-order chi connectivity index (χ1) is 11.7. The zero-order chi connectivity index (χ0) is 16.8. The second kappa shape index (κ2) is 8.06. The maximum absolute atomic E-state index is 11.7. The summed E-state index contributed by atoms with van der Waals surface area (Å²) >= 11 is 0. The predicted octanol–water partition coefficient (Wildman–Crippen LogP) is 1.96. The first-order valence-corrected chi connectivity index (χ1v) is 8.64. The highest BCUT2D eigenvalue weighted by atomic mass is 16.5. The van der Waals surface area contributed by atoms with E-state index in [1.54, 1.807) is 0 Å². The Balaban J connectivity index is 1.39. The number of amides is 1. The number of carbonyl (C=O) groups is 1. The fourth-order valence-electron chi connectivity index (χ4n) is 2.45. The Morgan fingerprint density at radius 1 is 1.29 bits per heavy atom. The molecule has 0 bridgehead atoms. The number of carbonyl (C=O) groups excluding carboxylic acids is 1. The van der Waals surface area contributed by atoms with Crippen LogP contribution in [0.15, 0.2) is 28.8 Å². The minimum atomic E-state index is 0.0604. The molecule has 1 aromatic heterocycles. The molecule has 1 aromatic carbocycles. The largest absolute Gasteiger partial charge is 0.355 e. The van der Waals surface area contributed by atoms with Gasteiger partial charge in [-0.15, -0.1) is 0 Å². The normalized spacial score (nSPS) is 13.9. The van der Waals surface area contributed by atoms with Gasteiger partial charge in [0.2, 0.25) is 5.91 Å². The van der Waals surface area contributed by atoms with Gasteiger partial charge in [0.25, 0.3) is 5.89 Å². The van der Waals surface area contributed by atoms with Gasteiger partial charge in [-0.2, -0.15) is 4.98 Å². The second-order valence-corrected chi connectivity index (χ2v) is 6.24. The molecule has 1 saturated carbocycles. The zero-order valence-electron chi connectivity index (χ0n) is 14.0. The van der Waals surface area contributed by atoms with Crippen molar-refractivity contribution >= 4 is 5.91 Å². The Bertz CT molecular complexity index is 662. The molecule has 6 heteroatoms. The molecule has 1 amide bonds. The van der Waals surface area contributed by atoms with E-state index in [1.165, 1.54) is 18.4 Å². The van der Waals surface area contributed by atoms with Gasteiger partial charge in [0, 0.05) is 18.5 Å². The second-order valence-electron chi connectivity index (χ2n) is 6.24. The van der Waals surface area contributed by atoms with Crippen molar-refractivity contribution in [2.75, 3.05) is 19.6 Å². The summed E-state index contributed by atoms with van der Waals surface area (Å²) in [5.74, 6) is 2.12. The van der Waals surface area contributed by atoms with Crippen LogP contribution in [-0.2, 0) is 17.6 Å². The highest BCUT2D eigenvalue weighted by Crippen LogP contribution is 2.27. The lowest BCUT2D eigenvalue weighted by molar-refractivity contribution is -0.120. The molecule has 0 unspecified atom stereocenters. The van der Waals surface area contributed by atoms with E-state index in [1.807, 2.05) is 31.2 Å². The van der Waals surface area contributed by atoms with E-state index in [0.717, 1.165) is 30.9 Å². The van der Waals surface area contributed by atoms with Gasteiger partial charge >= 0.3 is 0 Å². The third-order valence-electron chi connectivity index (χ3n) is 4.14. The van der Waals surface area contributed by atoms with Crippen LogP contribution in [0.2, 0.25) is 0 Å². The van der Waals surface area contributed by atoms with Crippen molar-refractivity contribution < 1.29 is 9.32 Å². The lowest BCUT2D eigenvalue weighted by Gasteiger charge is -2.06. The highest BCUT2D eigenvalue weighted by molar-refractivity contribution is 5.77. The first kappa shape index (κ1) is 16.6. The molecule has 2 aromatic rings. The number of nitrogens with one attached hydrogen (secondary N) is 2. The molecule has 0 atom stereocenters. The average Bonchev–Trinajstić information content (AvgIpc) is 3.29. The van der Waals surface area contributed by atoms with Crippen LogP contribution in [0.5, 0.6) is 0 Å². The molecule has 6 nitrogen and oxygen atoms in total. The summed E-state index contributed by atoms with van der Waals surface area (Å²) in [4.78, 5) is 16.0. The minimum absolute atomic E-state index is 0.0604. The Morgan fingerprint density at radius 2 is 2.08 bits per heavy atom. The van der Waals surface area contributed by atoms with E-state index < -0.39 is 0 Å². The summed E-state index contributed by atoms with van der Waals surface area (Å²) in [7, 11) is 0. The van der Waals surface area contributed by atoms with Gasteiger partial charge in [0.15, 0.2) is 5.82 Å². The summed E-state index contributed by atoms with van der Waals surface area (Å²) in [5.41, 5.74) is 2.08. The van der Waals surface area contributed by atoms with E-state index in [9.17, 15) is 4.79 Å². The maximum atomic E-state index is 11.7. The topological polar surface area (TPSA) is 80.0 Å². The van der Waals surface area contributed by atoms with Crippen LogP contribution in [-0.4, -0.2) is 35.7 Å². The lowest BCUT2D eigenvalue weighted by atomic mass is 10.1. The predicted molar refractivity (Wildman–Crippen MR) is 91.4 cm³/mol. The summed E-state index contributed by atoms with van der Waals surface area (Å²) in [6, 6.07) is 8.01. The average molecular weight is 328 g/mol. The Kier molecular flexibility index (Phi) is 5.59. The standard InChI is InChI=1S/C18H24N4O2/c1-2-16-21-18(24-22-16)15-7-5-13(6-8-15)9-10-20-17(23)12-19-11-14-3-4-14/h5-8,14,19H,2-4,9-12H2,1H3,(H,20,23). The van der Waals surface area contributed by atoms with E-state index in [2.05, 4.69) is 20.8 Å². The van der Waals surface area contributed by atoms with Crippen LogP contribution in [0, 0.1) is 5.92 Å².